The molecule has 1 aliphatic heterocycles. The van der Waals surface area contributed by atoms with Crippen LogP contribution in [-0.2, 0) is 10.1 Å². The molecule has 1 N–H and O–H groups in total. The van der Waals surface area contributed by atoms with Crippen molar-refractivity contribution in [3.8, 4) is 0 Å². The molecule has 6 heteroatoms. The van der Waals surface area contributed by atoms with Crippen LogP contribution in [0, 0.1) is 0 Å². The van der Waals surface area contributed by atoms with Gasteiger partial charge in [0.2, 0.25) is 0 Å². The van der Waals surface area contributed by atoms with E-state index in [1.54, 1.807) is 0 Å². The normalized spacial score (nSPS) is 16.7. The van der Waals surface area contributed by atoms with Crippen LogP contribution in [0.2, 0.25) is 0 Å². The highest BCUT2D eigenvalue weighted by Crippen LogP contribution is 2.17. The summed E-state index contributed by atoms with van der Waals surface area (Å²) >= 11 is 0. The third-order valence-corrected chi connectivity index (χ3v) is 3.24. The van der Waals surface area contributed by atoms with Gasteiger partial charge >= 0.3 is 0 Å². The van der Waals surface area contributed by atoms with Crippen LogP contribution in [0.3, 0.4) is 0 Å². The van der Waals surface area contributed by atoms with E-state index in [0.29, 0.717) is 13.0 Å². The van der Waals surface area contributed by atoms with Crippen LogP contribution in [0.4, 0.5) is 0 Å². The predicted molar refractivity (Wildman–Crippen MR) is 67.6 cm³/mol. The fourth-order valence-corrected chi connectivity index (χ4v) is 1.93. The average Bonchev–Trinajstić information content (AvgIpc) is 2.15. The summed E-state index contributed by atoms with van der Waals surface area (Å²) < 4.78 is 29.7. The van der Waals surface area contributed by atoms with Crippen LogP contribution in [0.15, 0.2) is 24.8 Å². The van der Waals surface area contributed by atoms with Crippen LogP contribution < -0.4 is 0 Å². The molecule has 0 fully saturated rings. The molecule has 0 atom stereocenters. The largest absolute Gasteiger partial charge is 0.351 e. The number of rotatable bonds is 4. The molecule has 0 aromatic carbocycles. The van der Waals surface area contributed by atoms with E-state index in [-0.39, 0.29) is 11.3 Å². The Balaban J connectivity index is 2.40. The average molecular weight is 260 g/mol. The highest BCUT2D eigenvalue weighted by molar-refractivity contribution is 7.85. The Bertz CT molecular complexity index is 393. The minimum atomic E-state index is -3.84. The topological polar surface area (TPSA) is 60.9 Å². The van der Waals surface area contributed by atoms with Gasteiger partial charge in [-0.05, 0) is 27.2 Å². The van der Waals surface area contributed by atoms with Crippen LogP contribution in [0.5, 0.6) is 0 Å². The summed E-state index contributed by atoms with van der Waals surface area (Å²) in [6.07, 6.45) is 8.11. The van der Waals surface area contributed by atoms with Crippen LogP contribution in [0.1, 0.15) is 27.2 Å². The first-order valence-corrected chi connectivity index (χ1v) is 7.15. The second-order valence-corrected chi connectivity index (χ2v) is 6.62. The molecule has 1 heterocycles. The zero-order valence-electron chi connectivity index (χ0n) is 10.5. The van der Waals surface area contributed by atoms with E-state index in [4.69, 9.17) is 4.55 Å². The molecule has 0 aromatic rings. The summed E-state index contributed by atoms with van der Waals surface area (Å²) in [4.78, 5) is 3.97. The zero-order valence-corrected chi connectivity index (χ0v) is 11.3. The highest BCUT2D eigenvalue weighted by Gasteiger charge is 2.17. The van der Waals surface area contributed by atoms with E-state index >= 15 is 0 Å². The van der Waals surface area contributed by atoms with Crippen LogP contribution in [-0.4, -0.2) is 40.6 Å². The fourth-order valence-electron chi connectivity index (χ4n) is 1.44. The number of hydrogen-bond acceptors (Lipinski definition) is 4. The van der Waals surface area contributed by atoms with Crippen molar-refractivity contribution < 1.29 is 13.0 Å². The Hall–Kier alpha value is -1.01. The maximum atomic E-state index is 10.5. The first-order valence-electron chi connectivity index (χ1n) is 5.54. The Kier molecular flexibility index (Phi) is 4.21. The maximum absolute atomic E-state index is 10.5. The molecule has 0 saturated heterocycles. The fraction of sp³-hybridized carbons (Fsp3) is 0.636. The van der Waals surface area contributed by atoms with E-state index in [1.807, 2.05) is 29.7 Å². The molecule has 0 aliphatic carbocycles. The standard InChI is InChI=1S/C11H20N2O3S/c1-11(2,3)13-8-6-12(7-9-13)5-4-10-17(14,15)16/h6-9H,4-5,10H2,1-3H3,(H,14,15,16). The molecule has 1 rings (SSSR count). The predicted octanol–water partition coefficient (Wildman–Crippen LogP) is 1.62. The number of nitrogens with zero attached hydrogens (tertiary/aromatic N) is 2. The third kappa shape index (κ3) is 5.23. The third-order valence-electron chi connectivity index (χ3n) is 2.43. The molecular formula is C11H20N2O3S. The van der Waals surface area contributed by atoms with Gasteiger partial charge in [-0.1, -0.05) is 0 Å². The molecule has 0 aromatic heterocycles. The van der Waals surface area contributed by atoms with Gasteiger partial charge < -0.3 is 9.80 Å². The smallest absolute Gasteiger partial charge is 0.264 e. The van der Waals surface area contributed by atoms with Crippen molar-refractivity contribution in [3.05, 3.63) is 24.8 Å². The van der Waals surface area contributed by atoms with Crippen molar-refractivity contribution in [2.45, 2.75) is 32.7 Å². The first-order chi connectivity index (χ1) is 7.68. The van der Waals surface area contributed by atoms with Crippen molar-refractivity contribution >= 4 is 10.1 Å². The quantitative estimate of drug-likeness (QED) is 0.778. The van der Waals surface area contributed by atoms with Gasteiger partial charge in [0.1, 0.15) is 0 Å². The summed E-state index contributed by atoms with van der Waals surface area (Å²) in [6, 6.07) is 0. The Morgan fingerprint density at radius 2 is 1.65 bits per heavy atom. The molecule has 0 amide bonds. The maximum Gasteiger partial charge on any atom is 0.264 e. The van der Waals surface area contributed by atoms with Crippen molar-refractivity contribution in [3.63, 3.8) is 0 Å². The minimum Gasteiger partial charge on any atom is -0.351 e. The second-order valence-electron chi connectivity index (χ2n) is 5.05. The van der Waals surface area contributed by atoms with Gasteiger partial charge in [-0.3, -0.25) is 4.55 Å². The van der Waals surface area contributed by atoms with E-state index < -0.39 is 10.1 Å². The van der Waals surface area contributed by atoms with Gasteiger partial charge in [-0.15, -0.1) is 0 Å². The van der Waals surface area contributed by atoms with Crippen LogP contribution in [0.25, 0.3) is 0 Å². The molecular weight excluding hydrogens is 240 g/mol. The summed E-state index contributed by atoms with van der Waals surface area (Å²) in [5, 5.41) is 0. The van der Waals surface area contributed by atoms with E-state index in [0.717, 1.165) is 0 Å². The molecule has 0 bridgehead atoms. The molecule has 0 spiro atoms. The highest BCUT2D eigenvalue weighted by atomic mass is 32.2. The Morgan fingerprint density at radius 3 is 2.06 bits per heavy atom. The van der Waals surface area contributed by atoms with E-state index in [2.05, 4.69) is 25.7 Å². The Morgan fingerprint density at radius 1 is 1.12 bits per heavy atom. The van der Waals surface area contributed by atoms with Crippen molar-refractivity contribution in [1.82, 2.24) is 9.80 Å². The molecule has 98 valence electrons. The summed E-state index contributed by atoms with van der Waals surface area (Å²) in [6.45, 7) is 6.89. The lowest BCUT2D eigenvalue weighted by molar-refractivity contribution is 0.263. The SMILES string of the molecule is CC(C)(C)N1C=CN(CCCS(=O)(=O)O)C=C1. The summed E-state index contributed by atoms with van der Waals surface area (Å²) in [5.74, 6) is -0.200. The van der Waals surface area contributed by atoms with Crippen molar-refractivity contribution in [2.24, 2.45) is 0 Å². The lowest BCUT2D eigenvalue weighted by Gasteiger charge is -2.35. The number of hydrogen-bond donors (Lipinski definition) is 1. The molecule has 0 saturated carbocycles. The monoisotopic (exact) mass is 260 g/mol. The van der Waals surface area contributed by atoms with Gasteiger partial charge in [-0.25, -0.2) is 0 Å². The Labute approximate surface area is 103 Å². The molecule has 5 nitrogen and oxygen atoms in total. The van der Waals surface area contributed by atoms with Gasteiger partial charge in [0.25, 0.3) is 10.1 Å². The van der Waals surface area contributed by atoms with E-state index in [9.17, 15) is 8.42 Å². The van der Waals surface area contributed by atoms with Gasteiger partial charge in [0.05, 0.1) is 5.75 Å². The van der Waals surface area contributed by atoms with Gasteiger partial charge in [-0.2, -0.15) is 8.42 Å². The van der Waals surface area contributed by atoms with Gasteiger partial charge in [0, 0.05) is 36.9 Å². The summed E-state index contributed by atoms with van der Waals surface area (Å²) in [5.41, 5.74) is 0.0352. The van der Waals surface area contributed by atoms with Crippen molar-refractivity contribution in [2.75, 3.05) is 12.3 Å². The van der Waals surface area contributed by atoms with Crippen LogP contribution >= 0.6 is 0 Å². The molecule has 0 radical (unpaired) electrons. The van der Waals surface area contributed by atoms with Gasteiger partial charge in [0.15, 0.2) is 0 Å². The lowest BCUT2D eigenvalue weighted by atomic mass is 10.1. The second kappa shape index (κ2) is 5.10. The van der Waals surface area contributed by atoms with E-state index in [1.165, 1.54) is 0 Å². The first kappa shape index (κ1) is 14.1. The molecule has 1 aliphatic rings. The minimum absolute atomic E-state index is 0.0352. The summed E-state index contributed by atoms with van der Waals surface area (Å²) in [7, 11) is -3.84. The molecule has 0 unspecified atom stereocenters. The van der Waals surface area contributed by atoms with Crippen molar-refractivity contribution in [1.29, 1.82) is 0 Å². The zero-order chi connectivity index (χ0) is 13.1. The molecule has 17 heavy (non-hydrogen) atoms. The lowest BCUT2D eigenvalue weighted by Crippen LogP contribution is -2.35.